The summed E-state index contributed by atoms with van der Waals surface area (Å²) in [7, 11) is 0. The molecular weight excluding hydrogens is 591 g/mol. The average molecular weight is 603 g/mol. The number of rotatable bonds is 5. The van der Waals surface area contributed by atoms with Crippen LogP contribution in [-0.2, 0) is 0 Å². The van der Waals surface area contributed by atoms with E-state index in [2.05, 4.69) is 73.1 Å². The van der Waals surface area contributed by atoms with Gasteiger partial charge in [-0.1, -0.05) is 0 Å². The molecule has 1 rings (SSSR count). The summed E-state index contributed by atoms with van der Waals surface area (Å²) >= 11 is 6.31. The highest BCUT2D eigenvalue weighted by Gasteiger charge is 2.31. The van der Waals surface area contributed by atoms with Crippen molar-refractivity contribution in [1.29, 1.82) is 0 Å². The van der Waals surface area contributed by atoms with Crippen molar-refractivity contribution in [2.45, 2.75) is 5.54 Å². The van der Waals surface area contributed by atoms with Crippen molar-refractivity contribution in [3.05, 3.63) is 28.4 Å². The van der Waals surface area contributed by atoms with Gasteiger partial charge in [0, 0.05) is 10.7 Å². The maximum atomic E-state index is 12.2. The fraction of sp³-hybridized carbons (Fsp3) is 0.364. The quantitative estimate of drug-likeness (QED) is 0.299. The van der Waals surface area contributed by atoms with E-state index < -0.39 is 31.3 Å². The van der Waals surface area contributed by atoms with Gasteiger partial charge in [0.05, 0.1) is 25.4 Å². The summed E-state index contributed by atoms with van der Waals surface area (Å²) in [6.07, 6.45) is 0. The molecule has 0 aliphatic heterocycles. The van der Waals surface area contributed by atoms with Crippen LogP contribution in [0.3, 0.4) is 0 Å². The number of carbonyl (C=O) groups excluding carboxylic acids is 1. The number of aliphatic hydroxyl groups is 3. The second-order valence-electron chi connectivity index (χ2n) is 3.96. The molecule has 0 saturated carbocycles. The third-order valence-electron chi connectivity index (χ3n) is 2.52. The minimum atomic E-state index is -1.41. The highest BCUT2D eigenvalue weighted by Crippen LogP contribution is 2.23. The minimum Gasteiger partial charge on any atom is -0.394 e. The number of aliphatic hydroxyl groups excluding tert-OH is 3. The maximum absolute atomic E-state index is 12.2. The fourth-order valence-corrected chi connectivity index (χ4v) is 3.70. The van der Waals surface area contributed by atoms with Crippen LogP contribution in [0.1, 0.15) is 10.4 Å². The number of carbonyl (C=O) groups is 1. The Kier molecular flexibility index (Phi) is 7.20. The molecule has 0 radical (unpaired) electrons. The van der Waals surface area contributed by atoms with Gasteiger partial charge in [0.25, 0.3) is 5.91 Å². The molecule has 0 aliphatic rings. The molecule has 0 spiro atoms. The van der Waals surface area contributed by atoms with Gasteiger partial charge in [-0.3, -0.25) is 4.79 Å². The van der Waals surface area contributed by atoms with Gasteiger partial charge in [-0.05, 0) is 79.9 Å². The fourth-order valence-electron chi connectivity index (χ4n) is 1.30. The van der Waals surface area contributed by atoms with Gasteiger partial charge in [0.15, 0.2) is 0 Å². The number of benzene rings is 1. The molecule has 0 atom stereocenters. The van der Waals surface area contributed by atoms with Crippen LogP contribution in [0.15, 0.2) is 12.1 Å². The van der Waals surface area contributed by atoms with E-state index in [9.17, 15) is 20.1 Å². The first-order valence-corrected chi connectivity index (χ1v) is 8.42. The van der Waals surface area contributed by atoms with Crippen molar-refractivity contribution in [3.63, 3.8) is 0 Å². The highest BCUT2D eigenvalue weighted by molar-refractivity contribution is 14.1. The Balaban J connectivity index is 3.08. The van der Waals surface area contributed by atoms with Gasteiger partial charge in [-0.25, -0.2) is 0 Å². The smallest absolute Gasteiger partial charge is 0.253 e. The third kappa shape index (κ3) is 4.36. The summed E-state index contributed by atoms with van der Waals surface area (Å²) in [6.45, 7) is -1.62. The molecule has 0 saturated heterocycles. The first-order chi connectivity index (χ1) is 8.89. The Morgan fingerprint density at radius 2 is 1.63 bits per heavy atom. The van der Waals surface area contributed by atoms with Gasteiger partial charge < -0.3 is 20.6 Å². The van der Waals surface area contributed by atoms with Crippen LogP contribution in [0.2, 0.25) is 0 Å². The third-order valence-corrected chi connectivity index (χ3v) is 6.19. The predicted molar refractivity (Wildman–Crippen MR) is 96.0 cm³/mol. The molecule has 0 fully saturated rings. The lowest BCUT2D eigenvalue weighted by Gasteiger charge is -2.28. The summed E-state index contributed by atoms with van der Waals surface area (Å²) < 4.78 is 2.65. The molecule has 0 aliphatic carbocycles. The first-order valence-electron chi connectivity index (χ1n) is 5.19. The SMILES string of the molecule is O=C(NC(CO)(CO)CO)c1cc(I)cc(I)c1I. The second kappa shape index (κ2) is 7.68. The molecule has 0 heterocycles. The molecule has 1 aromatic rings. The van der Waals surface area contributed by atoms with Gasteiger partial charge in [-0.15, -0.1) is 0 Å². The Hall–Kier alpha value is 0.760. The van der Waals surface area contributed by atoms with Gasteiger partial charge in [0.1, 0.15) is 5.54 Å². The lowest BCUT2D eigenvalue weighted by molar-refractivity contribution is 0.0375. The summed E-state index contributed by atoms with van der Waals surface area (Å²) in [6, 6.07) is 3.66. The number of amides is 1. The van der Waals surface area contributed by atoms with E-state index >= 15 is 0 Å². The molecule has 0 bridgehead atoms. The van der Waals surface area contributed by atoms with Crippen LogP contribution in [0.25, 0.3) is 0 Å². The van der Waals surface area contributed by atoms with Crippen LogP contribution in [-0.4, -0.2) is 46.6 Å². The summed E-state index contributed by atoms with van der Waals surface area (Å²) in [5.41, 5.74) is -0.955. The number of hydrogen-bond acceptors (Lipinski definition) is 4. The average Bonchev–Trinajstić information content (AvgIpc) is 2.40. The van der Waals surface area contributed by atoms with Crippen LogP contribution < -0.4 is 5.32 Å². The van der Waals surface area contributed by atoms with Crippen LogP contribution in [0, 0.1) is 10.7 Å². The Morgan fingerprint density at radius 3 is 2.11 bits per heavy atom. The zero-order chi connectivity index (χ0) is 14.6. The molecule has 0 aromatic heterocycles. The van der Waals surface area contributed by atoms with E-state index in [0.717, 1.165) is 10.7 Å². The van der Waals surface area contributed by atoms with Crippen molar-refractivity contribution < 1.29 is 20.1 Å². The van der Waals surface area contributed by atoms with Gasteiger partial charge in [0.2, 0.25) is 0 Å². The zero-order valence-corrected chi connectivity index (χ0v) is 16.1. The molecule has 5 nitrogen and oxygen atoms in total. The van der Waals surface area contributed by atoms with E-state index in [1.807, 2.05) is 6.07 Å². The van der Waals surface area contributed by atoms with E-state index in [1.54, 1.807) is 6.07 Å². The molecule has 106 valence electrons. The molecule has 0 unspecified atom stereocenters. The zero-order valence-electron chi connectivity index (χ0n) is 9.66. The molecular formula is C11H12I3NO4. The molecule has 4 N–H and O–H groups in total. The van der Waals surface area contributed by atoms with Gasteiger partial charge >= 0.3 is 0 Å². The molecule has 1 aromatic carbocycles. The number of hydrogen-bond donors (Lipinski definition) is 4. The largest absolute Gasteiger partial charge is 0.394 e. The van der Waals surface area contributed by atoms with Gasteiger partial charge in [-0.2, -0.15) is 0 Å². The number of nitrogens with one attached hydrogen (secondary N) is 1. The standard InChI is InChI=1S/C11H12I3NO4/c12-6-1-7(9(14)8(13)2-6)10(19)15-11(3-16,4-17)5-18/h1-2,16-18H,3-5H2,(H,15,19). The monoisotopic (exact) mass is 603 g/mol. The van der Waals surface area contributed by atoms with Crippen molar-refractivity contribution in [3.8, 4) is 0 Å². The Morgan fingerprint density at radius 1 is 1.11 bits per heavy atom. The van der Waals surface area contributed by atoms with E-state index in [1.165, 1.54) is 0 Å². The topological polar surface area (TPSA) is 89.8 Å². The summed E-state index contributed by atoms with van der Waals surface area (Å²) in [5.74, 6) is -0.432. The molecule has 19 heavy (non-hydrogen) atoms. The van der Waals surface area contributed by atoms with E-state index in [4.69, 9.17) is 0 Å². The lowest BCUT2D eigenvalue weighted by Crippen LogP contribution is -2.57. The molecule has 8 heteroatoms. The Bertz CT molecular complexity index is 469. The van der Waals surface area contributed by atoms with Crippen molar-refractivity contribution in [2.75, 3.05) is 19.8 Å². The lowest BCUT2D eigenvalue weighted by atomic mass is 10.0. The van der Waals surface area contributed by atoms with Crippen molar-refractivity contribution >= 4 is 73.7 Å². The summed E-state index contributed by atoms with van der Waals surface area (Å²) in [5, 5.41) is 30.1. The van der Waals surface area contributed by atoms with Crippen molar-refractivity contribution in [2.24, 2.45) is 0 Å². The Labute approximate surface area is 151 Å². The highest BCUT2D eigenvalue weighted by atomic mass is 127. The predicted octanol–water partition coefficient (Wildman–Crippen LogP) is 0.946. The summed E-state index contributed by atoms with van der Waals surface area (Å²) in [4.78, 5) is 12.2. The first kappa shape index (κ1) is 17.8. The van der Waals surface area contributed by atoms with Crippen LogP contribution >= 0.6 is 67.8 Å². The maximum Gasteiger partial charge on any atom is 0.253 e. The van der Waals surface area contributed by atoms with E-state index in [0.29, 0.717) is 5.56 Å². The minimum absolute atomic E-state index is 0.432. The normalized spacial score (nSPS) is 11.5. The van der Waals surface area contributed by atoms with Crippen LogP contribution in [0.5, 0.6) is 0 Å². The van der Waals surface area contributed by atoms with Crippen molar-refractivity contribution in [1.82, 2.24) is 5.32 Å². The second-order valence-corrected chi connectivity index (χ2v) is 7.44. The number of halogens is 3. The molecule has 1 amide bonds. The van der Waals surface area contributed by atoms with Crippen LogP contribution in [0.4, 0.5) is 0 Å². The van der Waals surface area contributed by atoms with E-state index in [-0.39, 0.29) is 0 Å².